The molecule has 1 aliphatic heterocycles. The van der Waals surface area contributed by atoms with Crippen LogP contribution in [0.3, 0.4) is 0 Å². The summed E-state index contributed by atoms with van der Waals surface area (Å²) in [5.41, 5.74) is 4.56. The van der Waals surface area contributed by atoms with Crippen LogP contribution in [-0.4, -0.2) is 47.3 Å². The number of nitrogens with zero attached hydrogens (tertiary/aromatic N) is 4. The van der Waals surface area contributed by atoms with Gasteiger partial charge in [-0.05, 0) is 48.9 Å². The maximum Gasteiger partial charge on any atom is 0.343 e. The first kappa shape index (κ1) is 27.8. The molecule has 1 fully saturated rings. The number of nitrogens with one attached hydrogen (secondary N) is 2. The lowest BCUT2D eigenvalue weighted by Crippen LogP contribution is -2.43. The first-order valence-electron chi connectivity index (χ1n) is 13.0. The quantitative estimate of drug-likeness (QED) is 0.208. The van der Waals surface area contributed by atoms with Crippen LogP contribution in [0.25, 0.3) is 33.4 Å². The predicted octanol–water partition coefficient (Wildman–Crippen LogP) is 5.66. The fourth-order valence-corrected chi connectivity index (χ4v) is 5.05. The van der Waals surface area contributed by atoms with Crippen LogP contribution in [0.2, 0.25) is 0 Å². The highest BCUT2D eigenvalue weighted by Crippen LogP contribution is 2.39. The van der Waals surface area contributed by atoms with Crippen molar-refractivity contribution in [3.05, 3.63) is 95.4 Å². The zero-order valence-corrected chi connectivity index (χ0v) is 23.0. The highest BCUT2D eigenvalue weighted by Gasteiger charge is 2.23. The summed E-state index contributed by atoms with van der Waals surface area (Å²) in [6.45, 7) is 5.57. The molecule has 0 aliphatic carbocycles. The lowest BCUT2D eigenvalue weighted by Gasteiger charge is -2.29. The average molecular weight is 569 g/mol. The molecule has 0 atom stereocenters. The Morgan fingerprint density at radius 3 is 2.46 bits per heavy atom. The monoisotopic (exact) mass is 568 g/mol. The molecule has 0 radical (unpaired) electrons. The van der Waals surface area contributed by atoms with E-state index >= 15 is 4.39 Å². The summed E-state index contributed by atoms with van der Waals surface area (Å²) in [6, 6.07) is 22.9. The smallest absolute Gasteiger partial charge is 0.343 e. The molecule has 5 aromatic rings. The number of benzene rings is 3. The zero-order valence-electron chi connectivity index (χ0n) is 22.1. The minimum Gasteiger partial charge on any atom is -0.423 e. The molecule has 206 valence electrons. The van der Waals surface area contributed by atoms with Gasteiger partial charge in [-0.25, -0.2) is 14.2 Å². The van der Waals surface area contributed by atoms with E-state index in [1.54, 1.807) is 30.3 Å². The number of piperazine rings is 1. The van der Waals surface area contributed by atoms with E-state index in [1.165, 1.54) is 12.1 Å². The average Bonchev–Trinajstić information content (AvgIpc) is 3.37. The number of nitriles is 1. The Kier molecular flexibility index (Phi) is 7.97. The van der Waals surface area contributed by atoms with Crippen molar-refractivity contribution in [3.8, 4) is 34.2 Å². The second-order valence-corrected chi connectivity index (χ2v) is 9.55. The summed E-state index contributed by atoms with van der Waals surface area (Å²) in [5, 5.41) is 21.7. The van der Waals surface area contributed by atoms with Crippen LogP contribution < -0.4 is 15.0 Å². The third kappa shape index (κ3) is 5.35. The Morgan fingerprint density at radius 1 is 1.05 bits per heavy atom. The first-order chi connectivity index (χ1) is 19.5. The van der Waals surface area contributed by atoms with Crippen LogP contribution in [-0.2, 0) is 0 Å². The minimum atomic E-state index is -0.672. The highest BCUT2D eigenvalue weighted by molar-refractivity contribution is 6.01. The highest BCUT2D eigenvalue weighted by atomic mass is 35.5. The molecule has 2 N–H and O–H groups in total. The molecule has 41 heavy (non-hydrogen) atoms. The molecule has 0 unspecified atom stereocenters. The maximum atomic E-state index is 15.5. The van der Waals surface area contributed by atoms with E-state index in [9.17, 15) is 10.1 Å². The molecule has 10 heteroatoms. The van der Waals surface area contributed by atoms with Crippen molar-refractivity contribution in [1.29, 1.82) is 5.26 Å². The zero-order chi connectivity index (χ0) is 27.6. The summed E-state index contributed by atoms with van der Waals surface area (Å²) >= 11 is 0. The lowest BCUT2D eigenvalue weighted by atomic mass is 9.93. The molecule has 2 aromatic heterocycles. The Morgan fingerprint density at radius 2 is 1.78 bits per heavy atom. The van der Waals surface area contributed by atoms with E-state index in [4.69, 9.17) is 4.74 Å². The number of rotatable bonds is 5. The van der Waals surface area contributed by atoms with Gasteiger partial charge in [0.05, 0.1) is 22.2 Å². The van der Waals surface area contributed by atoms with Gasteiger partial charge in [-0.1, -0.05) is 30.3 Å². The Labute approximate surface area is 242 Å². The maximum absolute atomic E-state index is 15.5. The molecule has 0 saturated carbocycles. The van der Waals surface area contributed by atoms with Crippen LogP contribution in [0.15, 0.2) is 72.8 Å². The van der Waals surface area contributed by atoms with Crippen molar-refractivity contribution in [1.82, 2.24) is 20.5 Å². The van der Waals surface area contributed by atoms with Crippen molar-refractivity contribution >= 4 is 35.1 Å². The third-order valence-corrected chi connectivity index (χ3v) is 7.05. The number of carbonyl (C=O) groups excluding carboxylic acids is 1. The Balaban J connectivity index is 0.00000337. The number of aryl methyl sites for hydroxylation is 1. The van der Waals surface area contributed by atoms with E-state index in [0.29, 0.717) is 22.2 Å². The molecule has 0 spiro atoms. The van der Waals surface area contributed by atoms with Crippen LogP contribution in [0.5, 0.6) is 5.75 Å². The van der Waals surface area contributed by atoms with Gasteiger partial charge in [0.2, 0.25) is 0 Å². The van der Waals surface area contributed by atoms with Gasteiger partial charge in [0.15, 0.2) is 5.65 Å². The number of pyridine rings is 1. The number of ether oxygens (including phenoxy) is 1. The van der Waals surface area contributed by atoms with Crippen LogP contribution >= 0.6 is 12.4 Å². The number of aromatic amines is 1. The minimum absolute atomic E-state index is 0. The van der Waals surface area contributed by atoms with Gasteiger partial charge in [-0.2, -0.15) is 10.4 Å². The van der Waals surface area contributed by atoms with E-state index in [2.05, 4.69) is 31.5 Å². The summed E-state index contributed by atoms with van der Waals surface area (Å²) in [5.74, 6) is -1.22. The molecular weight excluding hydrogens is 543 g/mol. The van der Waals surface area contributed by atoms with Crippen molar-refractivity contribution in [2.75, 3.05) is 31.1 Å². The number of H-pyrrole nitrogens is 1. The topological polar surface area (TPSA) is 107 Å². The van der Waals surface area contributed by atoms with Crippen LogP contribution in [0, 0.1) is 24.1 Å². The van der Waals surface area contributed by atoms with E-state index in [1.807, 2.05) is 31.2 Å². The molecule has 0 bridgehead atoms. The number of hydrogen-bond acceptors (Lipinski definition) is 7. The number of fused-ring (bicyclic) bond motifs is 1. The molecule has 1 saturated heterocycles. The molecular formula is C31H26ClFN6O2. The summed E-state index contributed by atoms with van der Waals surface area (Å²) in [7, 11) is 0. The van der Waals surface area contributed by atoms with Crippen molar-refractivity contribution < 1.29 is 13.9 Å². The third-order valence-electron chi connectivity index (χ3n) is 7.05. The molecule has 0 amide bonds. The molecule has 3 heterocycles. The van der Waals surface area contributed by atoms with Crippen molar-refractivity contribution in [2.45, 2.75) is 6.92 Å². The Hall–Kier alpha value is -4.78. The summed E-state index contributed by atoms with van der Waals surface area (Å²) in [6.07, 6.45) is 0. The van der Waals surface area contributed by atoms with Crippen molar-refractivity contribution in [3.63, 3.8) is 0 Å². The number of aromatic nitrogens is 3. The van der Waals surface area contributed by atoms with E-state index in [-0.39, 0.29) is 35.0 Å². The van der Waals surface area contributed by atoms with Gasteiger partial charge in [0.1, 0.15) is 17.6 Å². The SMILES string of the molecule is Cc1[nH]nc2nc(-c3ccc(OC(=O)c4ccccc4)cc3F)c(C#N)c(-c3ccc(N4CCNCC4)cc3)c12.Cl. The fourth-order valence-electron chi connectivity index (χ4n) is 5.05. The van der Waals surface area contributed by atoms with Crippen LogP contribution in [0.1, 0.15) is 21.6 Å². The van der Waals surface area contributed by atoms with Gasteiger partial charge in [0.25, 0.3) is 0 Å². The molecule has 1 aliphatic rings. The van der Waals surface area contributed by atoms with Gasteiger partial charge in [-0.3, -0.25) is 5.10 Å². The van der Waals surface area contributed by atoms with Gasteiger partial charge >= 0.3 is 5.97 Å². The van der Waals surface area contributed by atoms with Gasteiger partial charge < -0.3 is 15.0 Å². The van der Waals surface area contributed by atoms with Crippen molar-refractivity contribution in [2.24, 2.45) is 0 Å². The normalized spacial score (nSPS) is 13.0. The second kappa shape index (κ2) is 11.8. The number of esters is 1. The predicted molar refractivity (Wildman–Crippen MR) is 158 cm³/mol. The number of carbonyl (C=O) groups is 1. The summed E-state index contributed by atoms with van der Waals surface area (Å²) < 4.78 is 20.9. The largest absolute Gasteiger partial charge is 0.423 e. The van der Waals surface area contributed by atoms with E-state index < -0.39 is 11.8 Å². The first-order valence-corrected chi connectivity index (χ1v) is 13.0. The van der Waals surface area contributed by atoms with Crippen LogP contribution in [0.4, 0.5) is 10.1 Å². The van der Waals surface area contributed by atoms with E-state index in [0.717, 1.165) is 49.2 Å². The Bertz CT molecular complexity index is 1760. The molecule has 6 rings (SSSR count). The van der Waals surface area contributed by atoms with Gasteiger partial charge in [0, 0.05) is 54.8 Å². The second-order valence-electron chi connectivity index (χ2n) is 9.55. The summed E-state index contributed by atoms with van der Waals surface area (Å²) in [4.78, 5) is 19.3. The lowest BCUT2D eigenvalue weighted by molar-refractivity contribution is 0.0734. The number of halogens is 2. The van der Waals surface area contributed by atoms with Gasteiger partial charge in [-0.15, -0.1) is 12.4 Å². The molecule has 8 nitrogen and oxygen atoms in total. The fraction of sp³-hybridized carbons (Fsp3) is 0.161. The standard InChI is InChI=1S/C31H25FN6O2.ClH/c1-19-27-28(20-7-9-22(10-8-20)38-15-13-34-14-16-38)25(18-33)29(35-30(27)37-36-19)24-12-11-23(17-26(24)32)40-31(39)21-5-3-2-4-6-21;/h2-12,17,34H,13-16H2,1H3,(H,35,36,37);1H. The molecule has 3 aromatic carbocycles. The number of anilines is 1. The number of hydrogen-bond donors (Lipinski definition) is 2.